The van der Waals surface area contributed by atoms with E-state index < -0.39 is 16.0 Å². The van der Waals surface area contributed by atoms with Crippen LogP contribution in [-0.2, 0) is 16.6 Å². The molecule has 1 rings (SSSR count). The summed E-state index contributed by atoms with van der Waals surface area (Å²) in [6, 6.07) is 4.82. The maximum Gasteiger partial charge on any atom is 0.335 e. The number of carboxylic acid groups (broad SMARTS) is 1. The van der Waals surface area contributed by atoms with Gasteiger partial charge in [-0.3, -0.25) is 0 Å². The van der Waals surface area contributed by atoms with Gasteiger partial charge in [0.2, 0.25) is 10.0 Å². The van der Waals surface area contributed by atoms with Crippen LogP contribution in [0.5, 0.6) is 0 Å². The topological polar surface area (TPSA) is 83.5 Å². The number of carboxylic acids is 1. The van der Waals surface area contributed by atoms with Crippen LogP contribution in [0.3, 0.4) is 0 Å². The van der Waals surface area contributed by atoms with Crippen molar-refractivity contribution in [3.8, 4) is 0 Å². The summed E-state index contributed by atoms with van der Waals surface area (Å²) in [5.41, 5.74) is 1.46. The van der Waals surface area contributed by atoms with Gasteiger partial charge in [0.25, 0.3) is 0 Å². The number of benzene rings is 1. The van der Waals surface area contributed by atoms with Crippen LogP contribution in [0.25, 0.3) is 0 Å². The average molecular weight is 243 g/mol. The maximum atomic E-state index is 10.9. The fourth-order valence-electron chi connectivity index (χ4n) is 1.22. The predicted octanol–water partition coefficient (Wildman–Crippen LogP) is 0.742. The van der Waals surface area contributed by atoms with Crippen LogP contribution in [0.4, 0.5) is 0 Å². The molecule has 16 heavy (non-hydrogen) atoms. The Bertz CT molecular complexity index is 508. The number of nitrogens with one attached hydrogen (secondary N) is 1. The van der Waals surface area contributed by atoms with Crippen molar-refractivity contribution in [3.05, 3.63) is 34.9 Å². The van der Waals surface area contributed by atoms with E-state index in [1.54, 1.807) is 19.1 Å². The first-order valence-electron chi connectivity index (χ1n) is 4.57. The molecule has 88 valence electrons. The molecule has 1 aromatic carbocycles. The highest BCUT2D eigenvalue weighted by Gasteiger charge is 2.08. The van der Waals surface area contributed by atoms with E-state index in [9.17, 15) is 13.2 Å². The van der Waals surface area contributed by atoms with Gasteiger partial charge in [0.15, 0.2) is 0 Å². The quantitative estimate of drug-likeness (QED) is 0.817. The zero-order valence-electron chi connectivity index (χ0n) is 9.02. The van der Waals surface area contributed by atoms with E-state index >= 15 is 0 Å². The van der Waals surface area contributed by atoms with E-state index in [0.717, 1.165) is 6.26 Å². The van der Waals surface area contributed by atoms with Crippen molar-refractivity contribution in [1.82, 2.24) is 4.72 Å². The molecular weight excluding hydrogens is 230 g/mol. The number of aryl methyl sites for hydroxylation is 1. The van der Waals surface area contributed by atoms with Crippen molar-refractivity contribution in [2.24, 2.45) is 0 Å². The fourth-order valence-corrected chi connectivity index (χ4v) is 1.65. The Labute approximate surface area is 94.2 Å². The smallest absolute Gasteiger partial charge is 0.335 e. The minimum absolute atomic E-state index is 0.0966. The first-order valence-corrected chi connectivity index (χ1v) is 6.46. The monoisotopic (exact) mass is 243 g/mol. The normalized spacial score (nSPS) is 11.4. The first kappa shape index (κ1) is 12.7. The number of aromatic carboxylic acids is 1. The van der Waals surface area contributed by atoms with Crippen molar-refractivity contribution in [2.75, 3.05) is 6.26 Å². The van der Waals surface area contributed by atoms with E-state index in [0.29, 0.717) is 11.1 Å². The van der Waals surface area contributed by atoms with Crippen molar-refractivity contribution in [3.63, 3.8) is 0 Å². The molecule has 0 spiro atoms. The molecule has 6 heteroatoms. The van der Waals surface area contributed by atoms with E-state index in [4.69, 9.17) is 5.11 Å². The van der Waals surface area contributed by atoms with Gasteiger partial charge in [-0.1, -0.05) is 12.1 Å². The minimum atomic E-state index is -3.26. The molecule has 0 saturated carbocycles. The Morgan fingerprint density at radius 2 is 2.06 bits per heavy atom. The molecular formula is C10H13NO4S. The van der Waals surface area contributed by atoms with Crippen LogP contribution in [0.2, 0.25) is 0 Å². The van der Waals surface area contributed by atoms with Crippen LogP contribution in [0.1, 0.15) is 21.5 Å². The Morgan fingerprint density at radius 1 is 1.44 bits per heavy atom. The van der Waals surface area contributed by atoms with Crippen molar-refractivity contribution >= 4 is 16.0 Å². The number of hydrogen-bond donors (Lipinski definition) is 2. The molecule has 0 unspecified atom stereocenters. The van der Waals surface area contributed by atoms with Crippen molar-refractivity contribution in [2.45, 2.75) is 13.5 Å². The van der Waals surface area contributed by atoms with E-state index in [1.165, 1.54) is 6.07 Å². The second-order valence-electron chi connectivity index (χ2n) is 3.55. The minimum Gasteiger partial charge on any atom is -0.478 e. The number of rotatable bonds is 4. The number of carbonyl (C=O) groups is 1. The zero-order chi connectivity index (χ0) is 12.3. The largest absolute Gasteiger partial charge is 0.478 e. The molecule has 0 aliphatic rings. The Kier molecular flexibility index (Phi) is 3.66. The summed E-state index contributed by atoms with van der Waals surface area (Å²) in [6.07, 6.45) is 1.05. The molecule has 0 aliphatic heterocycles. The van der Waals surface area contributed by atoms with E-state index in [-0.39, 0.29) is 12.1 Å². The second kappa shape index (κ2) is 4.63. The van der Waals surface area contributed by atoms with Crippen LogP contribution in [0.15, 0.2) is 18.2 Å². The molecule has 2 N–H and O–H groups in total. The summed E-state index contributed by atoms with van der Waals surface area (Å²) in [6.45, 7) is 1.79. The lowest BCUT2D eigenvalue weighted by atomic mass is 10.1. The fraction of sp³-hybridized carbons (Fsp3) is 0.300. The molecule has 0 heterocycles. The van der Waals surface area contributed by atoms with Gasteiger partial charge < -0.3 is 5.11 Å². The third-order valence-corrected chi connectivity index (χ3v) is 2.74. The molecule has 0 fully saturated rings. The molecule has 0 amide bonds. The van der Waals surface area contributed by atoms with Gasteiger partial charge in [0.1, 0.15) is 0 Å². The average Bonchev–Trinajstić information content (AvgIpc) is 2.14. The Hall–Kier alpha value is -1.40. The highest BCUT2D eigenvalue weighted by molar-refractivity contribution is 7.88. The summed E-state index contributed by atoms with van der Waals surface area (Å²) < 4.78 is 24.0. The predicted molar refractivity (Wildman–Crippen MR) is 59.8 cm³/mol. The second-order valence-corrected chi connectivity index (χ2v) is 5.38. The van der Waals surface area contributed by atoms with E-state index in [1.807, 2.05) is 0 Å². The molecule has 0 radical (unpaired) electrons. The van der Waals surface area contributed by atoms with Gasteiger partial charge in [-0.15, -0.1) is 0 Å². The summed E-state index contributed by atoms with van der Waals surface area (Å²) >= 11 is 0. The third kappa shape index (κ3) is 3.63. The van der Waals surface area contributed by atoms with Crippen molar-refractivity contribution in [1.29, 1.82) is 0 Å². The Morgan fingerprint density at radius 3 is 2.56 bits per heavy atom. The van der Waals surface area contributed by atoms with Gasteiger partial charge in [-0.2, -0.15) is 0 Å². The summed E-state index contributed by atoms with van der Waals surface area (Å²) in [4.78, 5) is 10.8. The first-order chi connectivity index (χ1) is 7.29. The lowest BCUT2D eigenvalue weighted by molar-refractivity contribution is 0.0696. The maximum absolute atomic E-state index is 10.9. The van der Waals surface area contributed by atoms with Gasteiger partial charge >= 0.3 is 5.97 Å². The Balaban J connectivity index is 2.91. The number of sulfonamides is 1. The molecule has 0 aliphatic carbocycles. The molecule has 0 aromatic heterocycles. The SMILES string of the molecule is Cc1ccc(CNS(C)(=O)=O)cc1C(=O)O. The van der Waals surface area contributed by atoms with Gasteiger partial charge in [0.05, 0.1) is 11.8 Å². The number of hydrogen-bond acceptors (Lipinski definition) is 3. The lowest BCUT2D eigenvalue weighted by Crippen LogP contribution is -2.21. The van der Waals surface area contributed by atoms with E-state index in [2.05, 4.69) is 4.72 Å². The van der Waals surface area contributed by atoms with Crippen LogP contribution in [-0.4, -0.2) is 25.7 Å². The molecule has 0 bridgehead atoms. The van der Waals surface area contributed by atoms with Gasteiger partial charge in [0, 0.05) is 6.54 Å². The zero-order valence-corrected chi connectivity index (χ0v) is 9.84. The highest BCUT2D eigenvalue weighted by atomic mass is 32.2. The van der Waals surface area contributed by atoms with Crippen LogP contribution < -0.4 is 4.72 Å². The standard InChI is InChI=1S/C10H13NO4S/c1-7-3-4-8(5-9(7)10(12)13)6-11-16(2,14)15/h3-5,11H,6H2,1-2H3,(H,12,13). The summed E-state index contributed by atoms with van der Waals surface area (Å²) in [7, 11) is -3.26. The highest BCUT2D eigenvalue weighted by Crippen LogP contribution is 2.11. The van der Waals surface area contributed by atoms with Crippen LogP contribution >= 0.6 is 0 Å². The lowest BCUT2D eigenvalue weighted by Gasteiger charge is -2.06. The van der Waals surface area contributed by atoms with Crippen molar-refractivity contribution < 1.29 is 18.3 Å². The molecule has 5 nitrogen and oxygen atoms in total. The summed E-state index contributed by atoms with van der Waals surface area (Å²) in [5.74, 6) is -1.02. The van der Waals surface area contributed by atoms with Gasteiger partial charge in [-0.25, -0.2) is 17.9 Å². The third-order valence-electron chi connectivity index (χ3n) is 2.07. The summed E-state index contributed by atoms with van der Waals surface area (Å²) in [5, 5.41) is 8.88. The van der Waals surface area contributed by atoms with Gasteiger partial charge in [-0.05, 0) is 24.1 Å². The molecule has 1 aromatic rings. The molecule has 0 saturated heterocycles. The molecule has 0 atom stereocenters. The van der Waals surface area contributed by atoms with Crippen LogP contribution in [0, 0.1) is 6.92 Å².